The predicted octanol–water partition coefficient (Wildman–Crippen LogP) is 2.66. The number of sulfonamides is 1. The molecule has 1 saturated heterocycles. The van der Waals surface area contributed by atoms with Gasteiger partial charge in [0.05, 0.1) is 18.4 Å². The summed E-state index contributed by atoms with van der Waals surface area (Å²) in [6.45, 7) is 1.10. The number of carbonyl (C=O) groups is 1. The van der Waals surface area contributed by atoms with Crippen LogP contribution >= 0.6 is 0 Å². The van der Waals surface area contributed by atoms with Crippen molar-refractivity contribution in [3.05, 3.63) is 54.1 Å². The summed E-state index contributed by atoms with van der Waals surface area (Å²) in [5, 5.41) is 2.77. The predicted molar refractivity (Wildman–Crippen MR) is 99.8 cm³/mol. The van der Waals surface area contributed by atoms with E-state index < -0.39 is 10.0 Å². The second-order valence-corrected chi connectivity index (χ2v) is 8.11. The van der Waals surface area contributed by atoms with Crippen LogP contribution in [0.2, 0.25) is 0 Å². The monoisotopic (exact) mass is 374 g/mol. The summed E-state index contributed by atoms with van der Waals surface area (Å²) in [5.41, 5.74) is 1.23. The van der Waals surface area contributed by atoms with E-state index in [2.05, 4.69) is 5.32 Å². The van der Waals surface area contributed by atoms with Crippen LogP contribution in [0.15, 0.2) is 53.4 Å². The highest BCUT2D eigenvalue weighted by Gasteiger charge is 2.27. The molecule has 1 aliphatic heterocycles. The SMILES string of the molecule is COc1ccccc1CC(=O)Nc1cccc(S(=O)(=O)N2CCCC2)c1. The minimum atomic E-state index is -3.50. The van der Waals surface area contributed by atoms with Crippen molar-refractivity contribution >= 4 is 21.6 Å². The summed E-state index contributed by atoms with van der Waals surface area (Å²) in [4.78, 5) is 12.5. The Morgan fingerprint density at radius 3 is 2.58 bits per heavy atom. The molecule has 138 valence electrons. The molecular formula is C19H22N2O4S. The van der Waals surface area contributed by atoms with Crippen LogP contribution in [-0.4, -0.2) is 38.8 Å². The molecule has 26 heavy (non-hydrogen) atoms. The van der Waals surface area contributed by atoms with Gasteiger partial charge in [-0.2, -0.15) is 4.31 Å². The lowest BCUT2D eigenvalue weighted by Crippen LogP contribution is -2.28. The molecular weight excluding hydrogens is 352 g/mol. The van der Waals surface area contributed by atoms with Gasteiger partial charge in [-0.1, -0.05) is 24.3 Å². The fourth-order valence-corrected chi connectivity index (χ4v) is 4.60. The molecule has 0 saturated carbocycles. The smallest absolute Gasteiger partial charge is 0.243 e. The van der Waals surface area contributed by atoms with Crippen LogP contribution in [0.25, 0.3) is 0 Å². The lowest BCUT2D eigenvalue weighted by atomic mass is 10.1. The van der Waals surface area contributed by atoms with Crippen molar-refractivity contribution in [3.8, 4) is 5.75 Å². The number of rotatable bonds is 6. The zero-order valence-electron chi connectivity index (χ0n) is 14.6. The summed E-state index contributed by atoms with van der Waals surface area (Å²) in [5.74, 6) is 0.415. The zero-order valence-corrected chi connectivity index (χ0v) is 15.5. The van der Waals surface area contributed by atoms with E-state index in [1.807, 2.05) is 18.2 Å². The summed E-state index contributed by atoms with van der Waals surface area (Å²) in [6, 6.07) is 13.7. The first-order valence-corrected chi connectivity index (χ1v) is 9.96. The third kappa shape index (κ3) is 4.05. The third-order valence-electron chi connectivity index (χ3n) is 4.36. The Hall–Kier alpha value is -2.38. The lowest BCUT2D eigenvalue weighted by Gasteiger charge is -2.16. The van der Waals surface area contributed by atoms with Gasteiger partial charge in [-0.05, 0) is 37.1 Å². The average molecular weight is 374 g/mol. The fraction of sp³-hybridized carbons (Fsp3) is 0.316. The molecule has 2 aromatic carbocycles. The highest BCUT2D eigenvalue weighted by Crippen LogP contribution is 2.23. The van der Waals surface area contributed by atoms with Gasteiger partial charge in [0.15, 0.2) is 0 Å². The molecule has 0 spiro atoms. The Morgan fingerprint density at radius 1 is 1.12 bits per heavy atom. The molecule has 1 N–H and O–H groups in total. The Morgan fingerprint density at radius 2 is 1.85 bits per heavy atom. The van der Waals surface area contributed by atoms with E-state index in [1.54, 1.807) is 31.4 Å². The number of carbonyl (C=O) groups excluding carboxylic acids is 1. The largest absolute Gasteiger partial charge is 0.496 e. The van der Waals surface area contributed by atoms with Crippen molar-refractivity contribution in [3.63, 3.8) is 0 Å². The number of anilines is 1. The van der Waals surface area contributed by atoms with Crippen molar-refractivity contribution in [2.24, 2.45) is 0 Å². The number of nitrogens with one attached hydrogen (secondary N) is 1. The van der Waals surface area contributed by atoms with Crippen LogP contribution in [0.1, 0.15) is 18.4 Å². The van der Waals surface area contributed by atoms with Crippen LogP contribution in [0.4, 0.5) is 5.69 Å². The maximum absolute atomic E-state index is 12.6. The second-order valence-electron chi connectivity index (χ2n) is 6.18. The highest BCUT2D eigenvalue weighted by molar-refractivity contribution is 7.89. The van der Waals surface area contributed by atoms with E-state index in [-0.39, 0.29) is 17.2 Å². The number of ether oxygens (including phenoxy) is 1. The number of hydrogen-bond donors (Lipinski definition) is 1. The lowest BCUT2D eigenvalue weighted by molar-refractivity contribution is -0.115. The van der Waals surface area contributed by atoms with E-state index in [9.17, 15) is 13.2 Å². The average Bonchev–Trinajstić information content (AvgIpc) is 3.18. The molecule has 0 aromatic heterocycles. The first-order chi connectivity index (χ1) is 12.5. The van der Waals surface area contributed by atoms with Gasteiger partial charge in [0.1, 0.15) is 5.75 Å². The van der Waals surface area contributed by atoms with Crippen molar-refractivity contribution in [1.29, 1.82) is 0 Å². The van der Waals surface area contributed by atoms with Crippen molar-refractivity contribution < 1.29 is 17.9 Å². The summed E-state index contributed by atoms with van der Waals surface area (Å²) < 4.78 is 32.0. The van der Waals surface area contributed by atoms with Crippen LogP contribution in [-0.2, 0) is 21.2 Å². The highest BCUT2D eigenvalue weighted by atomic mass is 32.2. The van der Waals surface area contributed by atoms with Gasteiger partial charge >= 0.3 is 0 Å². The third-order valence-corrected chi connectivity index (χ3v) is 6.26. The first-order valence-electron chi connectivity index (χ1n) is 8.52. The van der Waals surface area contributed by atoms with Gasteiger partial charge in [0.2, 0.25) is 15.9 Å². The van der Waals surface area contributed by atoms with Crippen LogP contribution in [0, 0.1) is 0 Å². The van der Waals surface area contributed by atoms with E-state index >= 15 is 0 Å². The van der Waals surface area contributed by atoms with Crippen molar-refractivity contribution in [2.75, 3.05) is 25.5 Å². The molecule has 0 unspecified atom stereocenters. The van der Waals surface area contributed by atoms with E-state index in [4.69, 9.17) is 4.74 Å². The molecule has 0 aliphatic carbocycles. The Labute approximate surface area is 153 Å². The van der Waals surface area contributed by atoms with Gasteiger partial charge < -0.3 is 10.1 Å². The molecule has 1 fully saturated rings. The topological polar surface area (TPSA) is 75.7 Å². The number of hydrogen-bond acceptors (Lipinski definition) is 4. The van der Waals surface area contributed by atoms with Crippen molar-refractivity contribution in [2.45, 2.75) is 24.2 Å². The standard InChI is InChI=1S/C19H22N2O4S/c1-25-18-10-3-2-7-15(18)13-19(22)20-16-8-6-9-17(14-16)26(23,24)21-11-4-5-12-21/h2-3,6-10,14H,4-5,11-13H2,1H3,(H,20,22). The van der Waals surface area contributed by atoms with Crippen LogP contribution in [0.5, 0.6) is 5.75 Å². The minimum Gasteiger partial charge on any atom is -0.496 e. The summed E-state index contributed by atoms with van der Waals surface area (Å²) in [7, 11) is -1.95. The quantitative estimate of drug-likeness (QED) is 0.843. The van der Waals surface area contributed by atoms with Crippen LogP contribution < -0.4 is 10.1 Å². The minimum absolute atomic E-state index is 0.146. The maximum atomic E-state index is 12.6. The second kappa shape index (κ2) is 7.88. The summed E-state index contributed by atoms with van der Waals surface area (Å²) in [6.07, 6.45) is 1.91. The molecule has 7 heteroatoms. The molecule has 1 aliphatic rings. The van der Waals surface area contributed by atoms with E-state index in [0.717, 1.165) is 18.4 Å². The van der Waals surface area contributed by atoms with Crippen molar-refractivity contribution in [1.82, 2.24) is 4.31 Å². The molecule has 1 heterocycles. The number of para-hydroxylation sites is 1. The number of methoxy groups -OCH3 is 1. The fourth-order valence-electron chi connectivity index (χ4n) is 3.04. The van der Waals surface area contributed by atoms with E-state index in [0.29, 0.717) is 24.5 Å². The molecule has 0 atom stereocenters. The zero-order chi connectivity index (χ0) is 18.6. The van der Waals surface area contributed by atoms with Gasteiger partial charge in [-0.15, -0.1) is 0 Å². The molecule has 6 nitrogen and oxygen atoms in total. The van der Waals surface area contributed by atoms with Crippen LogP contribution in [0.3, 0.4) is 0 Å². The molecule has 0 bridgehead atoms. The Bertz CT molecular complexity index is 890. The van der Waals surface area contributed by atoms with Gasteiger partial charge in [0, 0.05) is 24.3 Å². The summed E-state index contributed by atoms with van der Waals surface area (Å²) >= 11 is 0. The Balaban J connectivity index is 1.73. The number of nitrogens with zero attached hydrogens (tertiary/aromatic N) is 1. The van der Waals surface area contributed by atoms with E-state index in [1.165, 1.54) is 10.4 Å². The molecule has 2 aromatic rings. The first kappa shape index (κ1) is 18.4. The normalized spacial score (nSPS) is 15.0. The van der Waals surface area contributed by atoms with Gasteiger partial charge in [-0.3, -0.25) is 4.79 Å². The van der Waals surface area contributed by atoms with Gasteiger partial charge in [-0.25, -0.2) is 8.42 Å². The molecule has 0 radical (unpaired) electrons. The van der Waals surface area contributed by atoms with Gasteiger partial charge in [0.25, 0.3) is 0 Å². The number of benzene rings is 2. The molecule has 1 amide bonds. The maximum Gasteiger partial charge on any atom is 0.243 e. The number of amides is 1. The molecule has 3 rings (SSSR count). The Kier molecular flexibility index (Phi) is 5.58.